The third kappa shape index (κ3) is 4.81. The first kappa shape index (κ1) is 19.7. The number of amides is 1. The molecule has 0 saturated carbocycles. The van der Waals surface area contributed by atoms with Gasteiger partial charge in [-0.05, 0) is 42.0 Å². The van der Waals surface area contributed by atoms with Crippen LogP contribution in [0.5, 0.6) is 11.5 Å². The van der Waals surface area contributed by atoms with Crippen molar-refractivity contribution in [2.75, 3.05) is 17.7 Å². The van der Waals surface area contributed by atoms with Gasteiger partial charge in [0.2, 0.25) is 0 Å². The van der Waals surface area contributed by atoms with Crippen molar-refractivity contribution in [1.29, 1.82) is 0 Å². The number of para-hydroxylation sites is 1. The van der Waals surface area contributed by atoms with Crippen LogP contribution in [0.15, 0.2) is 66.7 Å². The van der Waals surface area contributed by atoms with Crippen molar-refractivity contribution in [3.63, 3.8) is 0 Å². The fourth-order valence-electron chi connectivity index (χ4n) is 2.73. The number of hydrogen-bond donors (Lipinski definition) is 3. The molecule has 3 aromatic rings. The Morgan fingerprint density at radius 3 is 2.55 bits per heavy atom. The minimum absolute atomic E-state index is 0.237. The Morgan fingerprint density at radius 2 is 1.86 bits per heavy atom. The molecule has 3 aromatic carbocycles. The molecule has 0 aliphatic rings. The molecule has 0 heterocycles. The minimum atomic E-state index is -0.645. The predicted molar refractivity (Wildman–Crippen MR) is 109 cm³/mol. The van der Waals surface area contributed by atoms with Crippen LogP contribution in [-0.2, 0) is 6.54 Å². The van der Waals surface area contributed by atoms with Crippen molar-refractivity contribution in [2.45, 2.75) is 6.54 Å². The average molecular weight is 393 g/mol. The number of nitro groups is 1. The highest BCUT2D eigenvalue weighted by Gasteiger charge is 2.14. The lowest BCUT2D eigenvalue weighted by atomic mass is 10.1. The van der Waals surface area contributed by atoms with Crippen LogP contribution in [0.1, 0.15) is 15.9 Å². The van der Waals surface area contributed by atoms with E-state index in [4.69, 9.17) is 4.74 Å². The number of carbonyl (C=O) groups excluding carboxylic acids is 1. The Balaban J connectivity index is 1.78. The van der Waals surface area contributed by atoms with E-state index in [0.717, 1.165) is 0 Å². The van der Waals surface area contributed by atoms with Crippen molar-refractivity contribution < 1.29 is 19.6 Å². The van der Waals surface area contributed by atoms with E-state index >= 15 is 0 Å². The van der Waals surface area contributed by atoms with Gasteiger partial charge >= 0.3 is 5.69 Å². The molecule has 148 valence electrons. The Morgan fingerprint density at radius 1 is 1.10 bits per heavy atom. The molecule has 29 heavy (non-hydrogen) atoms. The molecule has 0 spiro atoms. The number of anilines is 2. The minimum Gasteiger partial charge on any atom is -0.502 e. The van der Waals surface area contributed by atoms with Crippen molar-refractivity contribution in [2.24, 2.45) is 0 Å². The summed E-state index contributed by atoms with van der Waals surface area (Å²) < 4.78 is 5.33. The van der Waals surface area contributed by atoms with Crippen LogP contribution in [-0.4, -0.2) is 23.0 Å². The summed E-state index contributed by atoms with van der Waals surface area (Å²) in [6.45, 7) is 0.237. The smallest absolute Gasteiger partial charge is 0.311 e. The number of carbonyl (C=O) groups is 1. The summed E-state index contributed by atoms with van der Waals surface area (Å²) >= 11 is 0. The summed E-state index contributed by atoms with van der Waals surface area (Å²) in [4.78, 5) is 22.8. The van der Waals surface area contributed by atoms with E-state index < -0.39 is 10.7 Å². The van der Waals surface area contributed by atoms with Crippen molar-refractivity contribution in [3.8, 4) is 11.5 Å². The Bertz CT molecular complexity index is 1040. The summed E-state index contributed by atoms with van der Waals surface area (Å²) in [5, 5.41) is 26.5. The third-order valence-electron chi connectivity index (χ3n) is 4.21. The van der Waals surface area contributed by atoms with Gasteiger partial charge in [0.25, 0.3) is 5.91 Å². The van der Waals surface area contributed by atoms with Crippen LogP contribution in [0.2, 0.25) is 0 Å². The number of nitrogens with zero attached hydrogens (tertiary/aromatic N) is 1. The van der Waals surface area contributed by atoms with Crippen LogP contribution < -0.4 is 15.4 Å². The number of phenolic OH excluding ortho intramolecular Hbond substituents is 1. The van der Waals surface area contributed by atoms with Gasteiger partial charge in [0.15, 0.2) is 5.75 Å². The second-order valence-corrected chi connectivity index (χ2v) is 6.17. The molecule has 1 amide bonds. The average Bonchev–Trinajstić information content (AvgIpc) is 2.73. The molecule has 0 aliphatic heterocycles. The van der Waals surface area contributed by atoms with Gasteiger partial charge in [-0.3, -0.25) is 14.9 Å². The van der Waals surface area contributed by atoms with E-state index in [1.54, 1.807) is 36.4 Å². The van der Waals surface area contributed by atoms with E-state index in [1.807, 2.05) is 18.2 Å². The molecule has 0 atom stereocenters. The molecule has 8 heteroatoms. The SMILES string of the molecule is COc1ccc(C(=O)Nc2ccccc2)cc1NCc1ccc(O)c([N+](=O)[O-])c1. The molecule has 0 unspecified atom stereocenters. The van der Waals surface area contributed by atoms with Gasteiger partial charge < -0.3 is 20.5 Å². The Kier molecular flexibility index (Phi) is 5.94. The first-order chi connectivity index (χ1) is 14.0. The largest absolute Gasteiger partial charge is 0.502 e. The Labute approximate surface area is 166 Å². The van der Waals surface area contributed by atoms with Gasteiger partial charge in [-0.15, -0.1) is 0 Å². The summed E-state index contributed by atoms with van der Waals surface area (Å²) in [6, 6.07) is 18.2. The number of hydrogen-bond acceptors (Lipinski definition) is 6. The monoisotopic (exact) mass is 393 g/mol. The molecule has 0 radical (unpaired) electrons. The van der Waals surface area contributed by atoms with E-state index in [1.165, 1.54) is 19.2 Å². The first-order valence-corrected chi connectivity index (χ1v) is 8.72. The maximum absolute atomic E-state index is 12.5. The van der Waals surface area contributed by atoms with Crippen LogP contribution in [0.4, 0.5) is 17.1 Å². The molecule has 0 saturated heterocycles. The summed E-state index contributed by atoms with van der Waals surface area (Å²) in [6.07, 6.45) is 0. The molecule has 0 bridgehead atoms. The highest BCUT2D eigenvalue weighted by atomic mass is 16.6. The van der Waals surface area contributed by atoms with E-state index in [9.17, 15) is 20.0 Å². The van der Waals surface area contributed by atoms with Gasteiger partial charge in [0.1, 0.15) is 5.75 Å². The quantitative estimate of drug-likeness (QED) is 0.410. The topological polar surface area (TPSA) is 114 Å². The van der Waals surface area contributed by atoms with Crippen molar-refractivity contribution in [3.05, 3.63) is 88.0 Å². The second kappa shape index (κ2) is 8.75. The lowest BCUT2D eigenvalue weighted by Crippen LogP contribution is -2.12. The first-order valence-electron chi connectivity index (χ1n) is 8.72. The molecule has 0 aromatic heterocycles. The Hall–Kier alpha value is -4.07. The highest BCUT2D eigenvalue weighted by Crippen LogP contribution is 2.29. The zero-order valence-corrected chi connectivity index (χ0v) is 15.6. The van der Waals surface area contributed by atoms with E-state index in [-0.39, 0.29) is 18.1 Å². The lowest BCUT2D eigenvalue weighted by molar-refractivity contribution is -0.385. The summed E-state index contributed by atoms with van der Waals surface area (Å²) in [5.74, 6) is -0.146. The van der Waals surface area contributed by atoms with Crippen LogP contribution >= 0.6 is 0 Å². The fourth-order valence-corrected chi connectivity index (χ4v) is 2.73. The predicted octanol–water partition coefficient (Wildman–Crippen LogP) is 4.17. The van der Waals surface area contributed by atoms with E-state index in [0.29, 0.717) is 28.3 Å². The molecule has 3 rings (SSSR count). The number of benzene rings is 3. The number of rotatable bonds is 7. The molecule has 0 fully saturated rings. The third-order valence-corrected chi connectivity index (χ3v) is 4.21. The number of phenols is 1. The molecular weight excluding hydrogens is 374 g/mol. The van der Waals surface area contributed by atoms with Gasteiger partial charge in [-0.25, -0.2) is 0 Å². The van der Waals surface area contributed by atoms with Crippen molar-refractivity contribution >= 4 is 23.0 Å². The maximum Gasteiger partial charge on any atom is 0.311 e. The standard InChI is InChI=1S/C21H19N3O5/c1-29-20-10-8-15(21(26)23-16-5-3-2-4-6-16)12-17(20)22-13-14-7-9-19(25)18(11-14)24(27)28/h2-12,22,25H,13H2,1H3,(H,23,26). The van der Waals surface area contributed by atoms with E-state index in [2.05, 4.69) is 10.6 Å². The summed E-state index contributed by atoms with van der Waals surface area (Å²) in [7, 11) is 1.51. The number of nitro benzene ring substituents is 1. The number of ether oxygens (including phenoxy) is 1. The molecule has 0 aliphatic carbocycles. The fraction of sp³-hybridized carbons (Fsp3) is 0.0952. The summed E-state index contributed by atoms with van der Waals surface area (Å²) in [5.41, 5.74) is 1.89. The van der Waals surface area contributed by atoms with Crippen molar-refractivity contribution in [1.82, 2.24) is 0 Å². The van der Waals surface area contributed by atoms with Gasteiger partial charge in [0, 0.05) is 23.9 Å². The molecular formula is C21H19N3O5. The van der Waals surface area contributed by atoms with Gasteiger partial charge in [0.05, 0.1) is 17.7 Å². The van der Waals surface area contributed by atoms with Gasteiger partial charge in [-0.1, -0.05) is 24.3 Å². The maximum atomic E-state index is 12.5. The number of nitrogens with one attached hydrogen (secondary N) is 2. The lowest BCUT2D eigenvalue weighted by Gasteiger charge is -2.13. The van der Waals surface area contributed by atoms with Crippen LogP contribution in [0.25, 0.3) is 0 Å². The number of methoxy groups -OCH3 is 1. The molecule has 8 nitrogen and oxygen atoms in total. The van der Waals surface area contributed by atoms with Crippen LogP contribution in [0, 0.1) is 10.1 Å². The molecule has 3 N–H and O–H groups in total. The van der Waals surface area contributed by atoms with Gasteiger partial charge in [-0.2, -0.15) is 0 Å². The normalized spacial score (nSPS) is 10.2. The van der Waals surface area contributed by atoms with Crippen LogP contribution in [0.3, 0.4) is 0 Å². The second-order valence-electron chi connectivity index (χ2n) is 6.17. The highest BCUT2D eigenvalue weighted by molar-refractivity contribution is 6.05. The zero-order chi connectivity index (χ0) is 20.8. The number of aromatic hydroxyl groups is 1. The zero-order valence-electron chi connectivity index (χ0n) is 15.6.